The molecule has 6 nitrogen and oxygen atoms in total. The Kier molecular flexibility index (Phi) is 6.15. The molecule has 1 aliphatic heterocycles. The van der Waals surface area contributed by atoms with Crippen molar-refractivity contribution in [3.05, 3.63) is 41.6 Å². The molecule has 0 aliphatic carbocycles. The van der Waals surface area contributed by atoms with Crippen molar-refractivity contribution in [1.29, 1.82) is 0 Å². The number of rotatable bonds is 2. The van der Waals surface area contributed by atoms with Crippen LogP contribution < -0.4 is 18.6 Å². The van der Waals surface area contributed by atoms with Crippen molar-refractivity contribution < 1.29 is 33.5 Å². The fourth-order valence-corrected chi connectivity index (χ4v) is 2.35. The maximum Gasteiger partial charge on any atom is 0.283 e. The van der Waals surface area contributed by atoms with Crippen LogP contribution in [0, 0.1) is 10.2 Å². The van der Waals surface area contributed by atoms with E-state index in [-0.39, 0.29) is 0 Å². The van der Waals surface area contributed by atoms with Crippen molar-refractivity contribution in [3.63, 3.8) is 0 Å². The molecule has 0 saturated carbocycles. The highest BCUT2D eigenvalue weighted by Gasteiger charge is 2.32. The van der Waals surface area contributed by atoms with Crippen LogP contribution in [-0.2, 0) is 0 Å². The molecule has 0 spiro atoms. The second-order valence-corrected chi connectivity index (χ2v) is 5.55. The minimum atomic E-state index is -4.94. The second-order valence-electron chi connectivity index (χ2n) is 4.44. The molecule has 0 atom stereocenters. The van der Waals surface area contributed by atoms with E-state index >= 15 is 0 Å². The first-order valence-corrected chi connectivity index (χ1v) is 7.66. The van der Waals surface area contributed by atoms with Gasteiger partial charge in [-0.15, -0.1) is 10.2 Å². The summed E-state index contributed by atoms with van der Waals surface area (Å²) < 4.78 is 36.1. The molecule has 0 N–H and O–H groups in total. The van der Waals surface area contributed by atoms with Gasteiger partial charge in [0.2, 0.25) is 5.70 Å². The summed E-state index contributed by atoms with van der Waals surface area (Å²) in [5.74, 6) is 0. The summed E-state index contributed by atoms with van der Waals surface area (Å²) in [6.45, 7) is 2.99. The molecular weight excluding hydrogens is 319 g/mol. The minimum absolute atomic E-state index is 0.825. The zero-order valence-electron chi connectivity index (χ0n) is 11.9. The van der Waals surface area contributed by atoms with Gasteiger partial charge in [-0.3, -0.25) is 0 Å². The van der Waals surface area contributed by atoms with Crippen LogP contribution in [0.2, 0.25) is 0 Å². The number of hydrogen-bond acceptors (Lipinski definition) is 5. The van der Waals surface area contributed by atoms with E-state index in [2.05, 4.69) is 29.8 Å². The molecule has 0 amide bonds. The van der Waals surface area contributed by atoms with Crippen molar-refractivity contribution in [2.24, 2.45) is 0 Å². The zero-order valence-corrected chi connectivity index (χ0v) is 13.4. The summed E-state index contributed by atoms with van der Waals surface area (Å²) in [4.78, 5) is 2.05. The van der Waals surface area contributed by atoms with Crippen LogP contribution in [0.5, 0.6) is 0 Å². The molecule has 21 heavy (non-hydrogen) atoms. The van der Waals surface area contributed by atoms with Gasteiger partial charge in [0.1, 0.15) is 6.54 Å². The van der Waals surface area contributed by atoms with Crippen LogP contribution in [0.1, 0.15) is 18.1 Å². The Morgan fingerprint density at radius 2 is 1.62 bits per heavy atom. The van der Waals surface area contributed by atoms with Gasteiger partial charge in [0.05, 0.1) is 17.3 Å². The molecule has 0 radical (unpaired) electrons. The highest BCUT2D eigenvalue weighted by atomic mass is 35.7. The van der Waals surface area contributed by atoms with Gasteiger partial charge in [0, 0.05) is 14.1 Å². The quantitative estimate of drug-likeness (QED) is 0.573. The maximum atomic E-state index is 8.49. The molecular formula is C13H16Cl2N2O4. The van der Waals surface area contributed by atoms with Crippen molar-refractivity contribution in [1.82, 2.24) is 4.90 Å². The molecule has 116 valence electrons. The van der Waals surface area contributed by atoms with Crippen LogP contribution >= 0.6 is 11.6 Å². The molecule has 2 rings (SSSR count). The van der Waals surface area contributed by atoms with Gasteiger partial charge in [-0.05, 0) is 30.7 Å². The number of hydrogen-bond donors (Lipinski definition) is 0. The van der Waals surface area contributed by atoms with Crippen molar-refractivity contribution in [2.75, 3.05) is 20.6 Å². The van der Waals surface area contributed by atoms with Crippen molar-refractivity contribution >= 4 is 22.5 Å². The summed E-state index contributed by atoms with van der Waals surface area (Å²) in [5, 5.41) is 0.825. The molecule has 1 aliphatic rings. The lowest BCUT2D eigenvalue weighted by atomic mass is 10.1. The summed E-state index contributed by atoms with van der Waals surface area (Å²) in [6, 6.07) is 8.25. The normalized spacial score (nSPS) is 15.7. The fourth-order valence-electron chi connectivity index (χ4n) is 1.98. The van der Waals surface area contributed by atoms with Gasteiger partial charge >= 0.3 is 0 Å². The largest absolute Gasteiger partial charge is 0.378 e. The van der Waals surface area contributed by atoms with Gasteiger partial charge in [0.15, 0.2) is 0 Å². The maximum absolute atomic E-state index is 8.49. The van der Waals surface area contributed by atoms with Gasteiger partial charge in [-0.1, -0.05) is 12.1 Å². The molecule has 1 heterocycles. The number of nitrogens with zero attached hydrogens (tertiary/aromatic N) is 2. The number of halogens is 2. The fraction of sp³-hybridized carbons (Fsp3) is 0.308. The molecule has 0 fully saturated rings. The SMILES string of the molecule is CC[N+]1=C(Cl)c2ccccc2/C1=C/N(C)C.[O-][Cl+3]([O-])([O-])[O-]. The third-order valence-corrected chi connectivity index (χ3v) is 3.06. The molecule has 0 unspecified atom stereocenters. The average Bonchev–Trinajstić information content (AvgIpc) is 2.60. The molecule has 0 bridgehead atoms. The Balaban J connectivity index is 0.000000383. The third kappa shape index (κ3) is 5.28. The van der Waals surface area contributed by atoms with E-state index < -0.39 is 10.2 Å². The average molecular weight is 335 g/mol. The lowest BCUT2D eigenvalue weighted by molar-refractivity contribution is -2.00. The predicted octanol–water partition coefficient (Wildman–Crippen LogP) is -2.18. The van der Waals surface area contributed by atoms with Gasteiger partial charge in [-0.2, -0.15) is 4.58 Å². The van der Waals surface area contributed by atoms with E-state index in [9.17, 15) is 0 Å². The summed E-state index contributed by atoms with van der Waals surface area (Å²) in [6.07, 6.45) is 2.11. The van der Waals surface area contributed by atoms with Gasteiger partial charge in [0.25, 0.3) is 5.17 Å². The van der Waals surface area contributed by atoms with Crippen molar-refractivity contribution in [2.45, 2.75) is 6.92 Å². The number of benzene rings is 1. The zero-order chi connectivity index (χ0) is 16.2. The highest BCUT2D eigenvalue weighted by molar-refractivity contribution is 6.69. The van der Waals surface area contributed by atoms with E-state index in [1.807, 2.05) is 31.1 Å². The standard InChI is InChI=1S/C13H16ClN2.ClHO4/c1-4-16-12(9-15(2)3)10-7-5-6-8-11(10)13(16)14;2-1(3,4)5/h5-9H,4H2,1-3H3;(H,2,3,4,5)/q+1;/p-1. The molecule has 1 aromatic carbocycles. The van der Waals surface area contributed by atoms with E-state index in [0.717, 1.165) is 17.3 Å². The van der Waals surface area contributed by atoms with Gasteiger partial charge < -0.3 is 4.90 Å². The summed E-state index contributed by atoms with van der Waals surface area (Å²) in [5.41, 5.74) is 3.51. The first kappa shape index (κ1) is 17.9. The Bertz CT molecular complexity index is 560. The smallest absolute Gasteiger partial charge is 0.283 e. The lowest BCUT2D eigenvalue weighted by Gasteiger charge is -2.17. The first-order valence-electron chi connectivity index (χ1n) is 6.05. The summed E-state index contributed by atoms with van der Waals surface area (Å²) >= 11 is 6.37. The van der Waals surface area contributed by atoms with Crippen LogP contribution in [0.4, 0.5) is 0 Å². The van der Waals surface area contributed by atoms with Crippen LogP contribution in [0.25, 0.3) is 5.70 Å². The Morgan fingerprint density at radius 3 is 2.05 bits per heavy atom. The monoisotopic (exact) mass is 334 g/mol. The first-order chi connectivity index (χ1) is 9.65. The predicted molar refractivity (Wildman–Crippen MR) is 68.9 cm³/mol. The number of fused-ring (bicyclic) bond motifs is 1. The second kappa shape index (κ2) is 7.22. The van der Waals surface area contributed by atoms with Crippen LogP contribution in [0.15, 0.2) is 30.5 Å². The third-order valence-electron chi connectivity index (χ3n) is 2.65. The Hall–Kier alpha value is -1.15. The minimum Gasteiger partial charge on any atom is -0.378 e. The lowest BCUT2D eigenvalue weighted by Crippen LogP contribution is -2.68. The topological polar surface area (TPSA) is 98.5 Å². The van der Waals surface area contributed by atoms with E-state index in [1.165, 1.54) is 11.3 Å². The van der Waals surface area contributed by atoms with Crippen LogP contribution in [0.3, 0.4) is 0 Å². The Morgan fingerprint density at radius 1 is 1.14 bits per heavy atom. The molecule has 0 saturated heterocycles. The van der Waals surface area contributed by atoms with E-state index in [0.29, 0.717) is 0 Å². The van der Waals surface area contributed by atoms with E-state index in [1.54, 1.807) is 0 Å². The Labute approximate surface area is 130 Å². The van der Waals surface area contributed by atoms with Crippen LogP contribution in [-0.4, -0.2) is 35.3 Å². The van der Waals surface area contributed by atoms with Crippen molar-refractivity contribution in [3.8, 4) is 0 Å². The van der Waals surface area contributed by atoms with E-state index in [4.69, 9.17) is 30.2 Å². The molecule has 1 aromatic rings. The van der Waals surface area contributed by atoms with Gasteiger partial charge in [-0.25, -0.2) is 18.6 Å². The molecule has 8 heteroatoms. The molecule has 0 aromatic heterocycles. The highest BCUT2D eigenvalue weighted by Crippen LogP contribution is 2.29. The summed E-state index contributed by atoms with van der Waals surface area (Å²) in [7, 11) is -0.897.